The summed E-state index contributed by atoms with van der Waals surface area (Å²) in [6, 6.07) is 1.13. The summed E-state index contributed by atoms with van der Waals surface area (Å²) in [5.41, 5.74) is 3.14. The highest BCUT2D eigenvalue weighted by atomic mass is 16.6. The van der Waals surface area contributed by atoms with Crippen LogP contribution < -0.4 is 10.8 Å². The summed E-state index contributed by atoms with van der Waals surface area (Å²) in [7, 11) is 0. The van der Waals surface area contributed by atoms with Gasteiger partial charge >= 0.3 is 0 Å². The Hall–Kier alpha value is -0.560. The molecule has 2 N–H and O–H groups in total. The number of fused-ring (bicyclic) bond motifs is 1. The molecule has 0 aromatic rings. The van der Waals surface area contributed by atoms with E-state index in [0.717, 1.165) is 17.8 Å². The van der Waals surface area contributed by atoms with Gasteiger partial charge in [0.05, 0.1) is 6.04 Å². The summed E-state index contributed by atoms with van der Waals surface area (Å²) >= 11 is 0. The second kappa shape index (κ2) is 3.23. The van der Waals surface area contributed by atoms with Crippen molar-refractivity contribution >= 4 is 0 Å². The Kier molecular flexibility index (Phi) is 2.01. The minimum Gasteiger partial charge on any atom is -0.312 e. The van der Waals surface area contributed by atoms with Crippen LogP contribution in [-0.2, 0) is 4.84 Å². The van der Waals surface area contributed by atoms with Gasteiger partial charge in [0.25, 0.3) is 0 Å². The van der Waals surface area contributed by atoms with Crippen molar-refractivity contribution in [2.75, 3.05) is 13.2 Å². The number of hydroxylamine groups is 1. The Bertz CT molecular complexity index is 271. The average molecular weight is 192 g/mol. The van der Waals surface area contributed by atoms with Gasteiger partial charge in [0.15, 0.2) is 0 Å². The van der Waals surface area contributed by atoms with Crippen molar-refractivity contribution in [3.63, 3.8) is 0 Å². The minimum absolute atomic E-state index is 0.365. The molecule has 3 aliphatic rings. The normalized spacial score (nSPS) is 48.4. The van der Waals surface area contributed by atoms with Crippen LogP contribution in [0.15, 0.2) is 0 Å². The first kappa shape index (κ1) is 8.72. The molecule has 76 valence electrons. The Morgan fingerprint density at radius 2 is 2.36 bits per heavy atom. The van der Waals surface area contributed by atoms with E-state index in [-0.39, 0.29) is 0 Å². The predicted octanol–water partition coefficient (Wildman–Crippen LogP) is 0.137. The Morgan fingerprint density at radius 1 is 1.43 bits per heavy atom. The predicted molar refractivity (Wildman–Crippen MR) is 53.2 cm³/mol. The summed E-state index contributed by atoms with van der Waals surface area (Å²) in [6.45, 7) is 1.57. The molecule has 3 heteroatoms. The van der Waals surface area contributed by atoms with Crippen LogP contribution in [0, 0.1) is 30.1 Å². The first-order chi connectivity index (χ1) is 6.90. The number of nitrogens with one attached hydrogen (secondary N) is 2. The second-order valence-electron chi connectivity index (χ2n) is 4.73. The van der Waals surface area contributed by atoms with E-state index >= 15 is 0 Å². The van der Waals surface area contributed by atoms with Gasteiger partial charge in [-0.2, -0.15) is 5.48 Å². The topological polar surface area (TPSA) is 33.3 Å². The molecule has 1 saturated heterocycles. The first-order valence-corrected chi connectivity index (χ1v) is 5.44. The fraction of sp³-hybridized carbons (Fsp3) is 0.818. The molecule has 3 nitrogen and oxygen atoms in total. The molecule has 0 aromatic carbocycles. The van der Waals surface area contributed by atoms with Gasteiger partial charge in [-0.1, -0.05) is 5.92 Å². The van der Waals surface area contributed by atoms with Crippen molar-refractivity contribution in [3.8, 4) is 12.3 Å². The van der Waals surface area contributed by atoms with Crippen molar-refractivity contribution < 1.29 is 4.84 Å². The maximum atomic E-state index is 5.24. The molecule has 0 spiro atoms. The van der Waals surface area contributed by atoms with E-state index in [1.54, 1.807) is 0 Å². The Labute approximate surface area is 84.5 Å². The lowest BCUT2D eigenvalue weighted by Crippen LogP contribution is -2.47. The maximum absolute atomic E-state index is 5.24. The van der Waals surface area contributed by atoms with E-state index in [0.29, 0.717) is 18.7 Å². The van der Waals surface area contributed by atoms with Crippen LogP contribution in [0.5, 0.6) is 0 Å². The van der Waals surface area contributed by atoms with Crippen LogP contribution in [0.1, 0.15) is 12.8 Å². The van der Waals surface area contributed by atoms with Gasteiger partial charge in [-0.15, -0.1) is 6.42 Å². The smallest absolute Gasteiger partial charge is 0.128 e. The zero-order valence-electron chi connectivity index (χ0n) is 8.20. The summed E-state index contributed by atoms with van der Waals surface area (Å²) in [4.78, 5) is 5.24. The van der Waals surface area contributed by atoms with Crippen LogP contribution in [0.2, 0.25) is 0 Å². The lowest BCUT2D eigenvalue weighted by atomic mass is 9.87. The van der Waals surface area contributed by atoms with Gasteiger partial charge < -0.3 is 5.32 Å². The molecule has 2 bridgehead atoms. The summed E-state index contributed by atoms with van der Waals surface area (Å²) in [6.07, 6.45) is 7.87. The van der Waals surface area contributed by atoms with Crippen molar-refractivity contribution in [3.05, 3.63) is 0 Å². The van der Waals surface area contributed by atoms with Gasteiger partial charge in [0.1, 0.15) is 6.61 Å². The van der Waals surface area contributed by atoms with E-state index in [1.165, 1.54) is 19.4 Å². The fourth-order valence-corrected chi connectivity index (χ4v) is 3.64. The van der Waals surface area contributed by atoms with Crippen molar-refractivity contribution in [2.24, 2.45) is 17.8 Å². The number of hydrogen-bond acceptors (Lipinski definition) is 3. The third-order valence-electron chi connectivity index (χ3n) is 4.13. The van der Waals surface area contributed by atoms with Gasteiger partial charge in [-0.25, -0.2) is 0 Å². The number of terminal acetylenes is 1. The molecule has 0 radical (unpaired) electrons. The molecule has 0 aromatic heterocycles. The van der Waals surface area contributed by atoms with E-state index in [9.17, 15) is 0 Å². The van der Waals surface area contributed by atoms with Gasteiger partial charge in [0.2, 0.25) is 0 Å². The number of rotatable bonds is 3. The fourth-order valence-electron chi connectivity index (χ4n) is 3.64. The molecule has 2 aliphatic carbocycles. The molecule has 5 atom stereocenters. The molecule has 0 amide bonds. The zero-order chi connectivity index (χ0) is 9.54. The quantitative estimate of drug-likeness (QED) is 0.379. The SMILES string of the molecule is C#CCONC1C2CC3CNC1C3C2. The summed E-state index contributed by atoms with van der Waals surface area (Å²) < 4.78 is 0. The monoisotopic (exact) mass is 192 g/mol. The Balaban J connectivity index is 1.63. The minimum atomic E-state index is 0.365. The lowest BCUT2D eigenvalue weighted by Gasteiger charge is -2.27. The molecule has 3 rings (SSSR count). The third-order valence-corrected chi connectivity index (χ3v) is 4.13. The van der Waals surface area contributed by atoms with Gasteiger partial charge in [0, 0.05) is 6.04 Å². The maximum Gasteiger partial charge on any atom is 0.128 e. The Morgan fingerprint density at radius 3 is 3.21 bits per heavy atom. The van der Waals surface area contributed by atoms with E-state index in [1.807, 2.05) is 0 Å². The standard InChI is InChI=1S/C11H16N2O/c1-2-3-14-13-10-7-4-8-6-12-11(10)9(8)5-7/h1,7-13H,3-6H2. The third kappa shape index (κ3) is 1.12. The second-order valence-corrected chi connectivity index (χ2v) is 4.73. The van der Waals surface area contributed by atoms with E-state index in [4.69, 9.17) is 11.3 Å². The first-order valence-electron chi connectivity index (χ1n) is 5.44. The van der Waals surface area contributed by atoms with Crippen molar-refractivity contribution in [1.29, 1.82) is 0 Å². The van der Waals surface area contributed by atoms with E-state index in [2.05, 4.69) is 16.7 Å². The highest BCUT2D eigenvalue weighted by Crippen LogP contribution is 2.51. The van der Waals surface area contributed by atoms with Crippen LogP contribution in [-0.4, -0.2) is 25.2 Å². The molecule has 5 unspecified atom stereocenters. The van der Waals surface area contributed by atoms with Crippen LogP contribution in [0.4, 0.5) is 0 Å². The largest absolute Gasteiger partial charge is 0.312 e. The van der Waals surface area contributed by atoms with Crippen molar-refractivity contribution in [1.82, 2.24) is 10.8 Å². The van der Waals surface area contributed by atoms with Gasteiger partial charge in [-0.3, -0.25) is 4.84 Å². The zero-order valence-corrected chi connectivity index (χ0v) is 8.20. The highest BCUT2D eigenvalue weighted by Gasteiger charge is 2.55. The molecular formula is C11H16N2O. The van der Waals surface area contributed by atoms with Crippen LogP contribution in [0.3, 0.4) is 0 Å². The molecule has 3 fully saturated rings. The molecule has 14 heavy (non-hydrogen) atoms. The van der Waals surface area contributed by atoms with Crippen molar-refractivity contribution in [2.45, 2.75) is 24.9 Å². The van der Waals surface area contributed by atoms with Gasteiger partial charge in [-0.05, 0) is 37.1 Å². The summed E-state index contributed by atoms with van der Waals surface area (Å²) in [5, 5.41) is 3.59. The molecule has 2 saturated carbocycles. The molecular weight excluding hydrogens is 176 g/mol. The van der Waals surface area contributed by atoms with E-state index < -0.39 is 0 Å². The lowest BCUT2D eigenvalue weighted by molar-refractivity contribution is 0.0161. The van der Waals surface area contributed by atoms with Crippen LogP contribution >= 0.6 is 0 Å². The number of hydrogen-bond donors (Lipinski definition) is 2. The molecule has 1 aliphatic heterocycles. The highest BCUT2D eigenvalue weighted by molar-refractivity contribution is 5.11. The summed E-state index contributed by atoms with van der Waals surface area (Å²) in [5.74, 6) is 5.12. The molecule has 1 heterocycles. The average Bonchev–Trinajstić information content (AvgIpc) is 2.76. The van der Waals surface area contributed by atoms with Crippen LogP contribution in [0.25, 0.3) is 0 Å².